The molecule has 27 heavy (non-hydrogen) atoms. The molecule has 0 saturated heterocycles. The fraction of sp³-hybridized carbons (Fsp3) is 0.458. The maximum absolute atomic E-state index is 4.97. The number of hydrogen-bond donors (Lipinski definition) is 0. The lowest BCUT2D eigenvalue weighted by Crippen LogP contribution is -1.88. The number of thiazole rings is 1. The van der Waals surface area contributed by atoms with Gasteiger partial charge in [-0.1, -0.05) is 75.3 Å². The summed E-state index contributed by atoms with van der Waals surface area (Å²) in [6.07, 6.45) is 8.93. The number of nitrogens with zero attached hydrogens (tertiary/aromatic N) is 1. The van der Waals surface area contributed by atoms with Crippen LogP contribution in [0.1, 0.15) is 56.0 Å². The Hall–Kier alpha value is -1.87. The SMILES string of the molecule is CC1CCCCCC1.COc1ccc(C)cc1.Cc1nc2ccccc2s1. The van der Waals surface area contributed by atoms with Gasteiger partial charge in [0, 0.05) is 0 Å². The molecule has 4 rings (SSSR count). The highest BCUT2D eigenvalue weighted by Crippen LogP contribution is 2.21. The summed E-state index contributed by atoms with van der Waals surface area (Å²) in [6, 6.07) is 16.2. The lowest BCUT2D eigenvalue weighted by atomic mass is 10.0. The zero-order valence-electron chi connectivity index (χ0n) is 17.2. The summed E-state index contributed by atoms with van der Waals surface area (Å²) in [7, 11) is 1.67. The third-order valence-electron chi connectivity index (χ3n) is 4.80. The Kier molecular flexibility index (Phi) is 9.34. The van der Waals surface area contributed by atoms with Crippen molar-refractivity contribution in [2.75, 3.05) is 7.11 Å². The molecule has 0 aliphatic heterocycles. The first-order chi connectivity index (χ1) is 13.1. The van der Waals surface area contributed by atoms with Crippen LogP contribution in [0.25, 0.3) is 10.2 Å². The second kappa shape index (κ2) is 11.8. The van der Waals surface area contributed by atoms with Crippen molar-refractivity contribution >= 4 is 21.6 Å². The molecule has 1 heterocycles. The highest BCUT2D eigenvalue weighted by Gasteiger charge is 2.05. The zero-order chi connectivity index (χ0) is 19.5. The van der Waals surface area contributed by atoms with Crippen LogP contribution in [0.2, 0.25) is 0 Å². The molecule has 0 bridgehead atoms. The van der Waals surface area contributed by atoms with E-state index < -0.39 is 0 Å². The van der Waals surface area contributed by atoms with Crippen molar-refractivity contribution in [1.82, 2.24) is 4.98 Å². The number of fused-ring (bicyclic) bond motifs is 1. The lowest BCUT2D eigenvalue weighted by molar-refractivity contribution is 0.414. The predicted octanol–water partition coefficient (Wildman–Crippen LogP) is 7.59. The van der Waals surface area contributed by atoms with Gasteiger partial charge in [-0.25, -0.2) is 4.98 Å². The highest BCUT2D eigenvalue weighted by molar-refractivity contribution is 7.18. The lowest BCUT2D eigenvalue weighted by Gasteiger charge is -2.02. The fourth-order valence-corrected chi connectivity index (χ4v) is 3.97. The van der Waals surface area contributed by atoms with Gasteiger partial charge in [0.2, 0.25) is 0 Å². The molecule has 1 aliphatic carbocycles. The second-order valence-electron chi connectivity index (χ2n) is 7.31. The molecule has 2 aromatic carbocycles. The Morgan fingerprint density at radius 1 is 0.889 bits per heavy atom. The number of rotatable bonds is 1. The van der Waals surface area contributed by atoms with E-state index in [0.29, 0.717) is 0 Å². The van der Waals surface area contributed by atoms with Crippen LogP contribution in [0.4, 0.5) is 0 Å². The van der Waals surface area contributed by atoms with E-state index in [2.05, 4.69) is 24.9 Å². The van der Waals surface area contributed by atoms with Crippen LogP contribution >= 0.6 is 11.3 Å². The summed E-state index contributed by atoms with van der Waals surface area (Å²) < 4.78 is 6.25. The van der Waals surface area contributed by atoms with Crippen molar-refractivity contribution in [1.29, 1.82) is 0 Å². The molecule has 0 amide bonds. The Morgan fingerprint density at radius 3 is 2.11 bits per heavy atom. The van der Waals surface area contributed by atoms with Crippen LogP contribution < -0.4 is 4.74 Å². The highest BCUT2D eigenvalue weighted by atomic mass is 32.1. The molecule has 3 aromatic rings. The summed E-state index contributed by atoms with van der Waals surface area (Å²) >= 11 is 1.74. The smallest absolute Gasteiger partial charge is 0.118 e. The Morgan fingerprint density at radius 2 is 1.52 bits per heavy atom. The van der Waals surface area contributed by atoms with E-state index in [0.717, 1.165) is 22.2 Å². The first kappa shape index (κ1) is 21.4. The van der Waals surface area contributed by atoms with E-state index >= 15 is 0 Å². The van der Waals surface area contributed by atoms with E-state index in [4.69, 9.17) is 4.74 Å². The average molecular weight is 384 g/mol. The summed E-state index contributed by atoms with van der Waals surface area (Å²) in [5.41, 5.74) is 2.38. The fourth-order valence-electron chi connectivity index (χ4n) is 3.15. The van der Waals surface area contributed by atoms with Crippen molar-refractivity contribution < 1.29 is 4.74 Å². The van der Waals surface area contributed by atoms with Crippen LogP contribution in [0.3, 0.4) is 0 Å². The molecule has 146 valence electrons. The molecular formula is C24H33NOS. The monoisotopic (exact) mass is 383 g/mol. The minimum atomic E-state index is 0.917. The maximum Gasteiger partial charge on any atom is 0.118 e. The van der Waals surface area contributed by atoms with Crippen molar-refractivity contribution in [3.8, 4) is 5.75 Å². The Balaban J connectivity index is 0.000000146. The zero-order valence-corrected chi connectivity index (χ0v) is 18.0. The van der Waals surface area contributed by atoms with E-state index in [1.807, 2.05) is 49.4 Å². The van der Waals surface area contributed by atoms with Gasteiger partial charge in [0.1, 0.15) is 5.75 Å². The Labute approximate surface area is 168 Å². The van der Waals surface area contributed by atoms with Crippen molar-refractivity contribution in [2.45, 2.75) is 59.3 Å². The molecule has 0 radical (unpaired) electrons. The van der Waals surface area contributed by atoms with E-state index in [9.17, 15) is 0 Å². The number of methoxy groups -OCH3 is 1. The number of hydrogen-bond acceptors (Lipinski definition) is 3. The summed E-state index contributed by atoms with van der Waals surface area (Å²) in [6.45, 7) is 6.47. The van der Waals surface area contributed by atoms with Gasteiger partial charge in [0.25, 0.3) is 0 Å². The first-order valence-electron chi connectivity index (χ1n) is 10.0. The van der Waals surface area contributed by atoms with E-state index in [1.165, 1.54) is 48.8 Å². The van der Waals surface area contributed by atoms with E-state index in [1.54, 1.807) is 18.4 Å². The summed E-state index contributed by atoms with van der Waals surface area (Å²) in [5.74, 6) is 1.94. The number of benzene rings is 2. The minimum absolute atomic E-state index is 0.917. The van der Waals surface area contributed by atoms with E-state index in [-0.39, 0.29) is 0 Å². The van der Waals surface area contributed by atoms with Gasteiger partial charge >= 0.3 is 0 Å². The summed E-state index contributed by atoms with van der Waals surface area (Å²) in [4.78, 5) is 4.33. The predicted molar refractivity (Wildman–Crippen MR) is 119 cm³/mol. The number of aromatic nitrogens is 1. The van der Waals surface area contributed by atoms with Gasteiger partial charge in [-0.15, -0.1) is 11.3 Å². The number of ether oxygens (including phenoxy) is 1. The molecule has 1 aliphatic rings. The van der Waals surface area contributed by atoms with Crippen molar-refractivity contribution in [3.05, 3.63) is 59.1 Å². The third-order valence-corrected chi connectivity index (χ3v) is 5.75. The van der Waals surface area contributed by atoms with Gasteiger partial charge in [-0.2, -0.15) is 0 Å². The van der Waals surface area contributed by atoms with Gasteiger partial charge in [0.15, 0.2) is 0 Å². The van der Waals surface area contributed by atoms with Crippen molar-refractivity contribution in [3.63, 3.8) is 0 Å². The van der Waals surface area contributed by atoms with Gasteiger partial charge < -0.3 is 4.74 Å². The van der Waals surface area contributed by atoms with Crippen molar-refractivity contribution in [2.24, 2.45) is 5.92 Å². The topological polar surface area (TPSA) is 22.1 Å². The second-order valence-corrected chi connectivity index (χ2v) is 8.55. The molecule has 1 saturated carbocycles. The first-order valence-corrected chi connectivity index (χ1v) is 10.8. The third kappa shape index (κ3) is 8.13. The molecule has 0 N–H and O–H groups in total. The van der Waals surface area contributed by atoms with Crippen LogP contribution in [0.5, 0.6) is 5.75 Å². The molecule has 0 atom stereocenters. The minimum Gasteiger partial charge on any atom is -0.497 e. The van der Waals surface area contributed by atoms with Crippen LogP contribution in [-0.4, -0.2) is 12.1 Å². The van der Waals surface area contributed by atoms with Gasteiger partial charge in [-0.05, 0) is 44.0 Å². The van der Waals surface area contributed by atoms with Crippen LogP contribution in [0.15, 0.2) is 48.5 Å². The molecule has 1 aromatic heterocycles. The molecule has 0 spiro atoms. The van der Waals surface area contributed by atoms with Crippen LogP contribution in [0, 0.1) is 19.8 Å². The largest absolute Gasteiger partial charge is 0.497 e. The average Bonchev–Trinajstić information content (AvgIpc) is 2.89. The van der Waals surface area contributed by atoms with Crippen LogP contribution in [-0.2, 0) is 0 Å². The standard InChI is InChI=1S/C8H7NS.C8H10O.C8H16/c1-6-9-7-4-2-3-5-8(7)10-6;1-7-3-5-8(9-2)6-4-7;1-8-6-4-2-3-5-7-8/h2-5H,1H3;3-6H,1-2H3;8H,2-7H2,1H3. The summed E-state index contributed by atoms with van der Waals surface area (Å²) in [5, 5.41) is 1.14. The maximum atomic E-state index is 4.97. The molecule has 2 nitrogen and oxygen atoms in total. The molecule has 1 fully saturated rings. The van der Waals surface area contributed by atoms with Gasteiger partial charge in [-0.3, -0.25) is 0 Å². The molecular weight excluding hydrogens is 350 g/mol. The number of aryl methyl sites for hydroxylation is 2. The normalized spacial score (nSPS) is 14.4. The Bertz CT molecular complexity index is 737. The quantitative estimate of drug-likeness (QED) is 0.404. The molecule has 0 unspecified atom stereocenters. The van der Waals surface area contributed by atoms with Gasteiger partial charge in [0.05, 0.1) is 22.3 Å². The number of para-hydroxylation sites is 1. The molecule has 3 heteroatoms.